The first-order valence-corrected chi connectivity index (χ1v) is 8.02. The van der Waals surface area contributed by atoms with Gasteiger partial charge in [0.15, 0.2) is 0 Å². The summed E-state index contributed by atoms with van der Waals surface area (Å²) in [5, 5.41) is 3.08. The molecule has 0 fully saturated rings. The van der Waals surface area contributed by atoms with E-state index in [0.29, 0.717) is 0 Å². The Hall–Kier alpha value is -0.956. The normalized spacial score (nSPS) is 11.2. The molecule has 0 spiro atoms. The van der Waals surface area contributed by atoms with Gasteiger partial charge >= 0.3 is 0 Å². The summed E-state index contributed by atoms with van der Waals surface area (Å²) < 4.78 is 4.89. The average Bonchev–Trinajstić information content (AvgIpc) is 2.62. The predicted molar refractivity (Wildman–Crippen MR) is 99.4 cm³/mol. The molecule has 0 saturated heterocycles. The van der Waals surface area contributed by atoms with Crippen molar-refractivity contribution in [3.8, 4) is 0 Å². The minimum Gasteiger partial charge on any atom is -0.389 e. The summed E-state index contributed by atoms with van der Waals surface area (Å²) in [5.41, 5.74) is 3.22. The quantitative estimate of drug-likeness (QED) is 0.542. The molecule has 2 aromatic carbocycles. The smallest absolute Gasteiger partial charge is 0.0487 e. The fourth-order valence-electron chi connectivity index (χ4n) is 1.79. The molecule has 1 radical (unpaired) electrons. The summed E-state index contributed by atoms with van der Waals surface area (Å²) >= 11 is 0. The fourth-order valence-corrected chi connectivity index (χ4v) is 1.79. The van der Waals surface area contributed by atoms with Crippen LogP contribution in [-0.2, 0) is 37.4 Å². The van der Waals surface area contributed by atoms with Crippen molar-refractivity contribution in [1.82, 2.24) is 0 Å². The Bertz CT molecular complexity index is 552. The topological polar surface area (TPSA) is 21.3 Å². The molecule has 0 aliphatic heterocycles. The van der Waals surface area contributed by atoms with Crippen LogP contribution < -0.4 is 5.32 Å². The van der Waals surface area contributed by atoms with E-state index < -0.39 is 0 Å². The zero-order valence-electron chi connectivity index (χ0n) is 15.2. The van der Waals surface area contributed by atoms with Gasteiger partial charge in [0, 0.05) is 59.2 Å². The van der Waals surface area contributed by atoms with Crippen LogP contribution in [0.25, 0.3) is 6.08 Å². The maximum absolute atomic E-state index is 4.89. The van der Waals surface area contributed by atoms with Crippen molar-refractivity contribution in [3.05, 3.63) is 71.8 Å². The van der Waals surface area contributed by atoms with E-state index in [0.717, 1.165) is 29.3 Å². The van der Waals surface area contributed by atoms with Crippen LogP contribution in [0.5, 0.6) is 0 Å². The van der Waals surface area contributed by atoms with Crippen molar-refractivity contribution in [2.24, 2.45) is 5.92 Å². The second-order valence-electron chi connectivity index (χ2n) is 5.40. The van der Waals surface area contributed by atoms with E-state index in [2.05, 4.69) is 31.3 Å². The van der Waals surface area contributed by atoms with E-state index in [1.54, 1.807) is 7.11 Å². The molecule has 0 aliphatic carbocycles. The minimum absolute atomic E-state index is 0. The van der Waals surface area contributed by atoms with Crippen LogP contribution in [0.4, 0.5) is 5.69 Å². The number of anilines is 1. The molecule has 0 aromatic heterocycles. The van der Waals surface area contributed by atoms with Gasteiger partial charge in [0.25, 0.3) is 0 Å². The average molecular weight is 398 g/mol. The number of methoxy groups -OCH3 is 1. The Morgan fingerprint density at radius 1 is 1.21 bits per heavy atom. The summed E-state index contributed by atoms with van der Waals surface area (Å²) in [7, 11) is 3.65. The number of hydrogen-bond acceptors (Lipinski definition) is 2. The van der Waals surface area contributed by atoms with Crippen molar-refractivity contribution in [1.29, 1.82) is 0 Å². The van der Waals surface area contributed by atoms with E-state index in [1.165, 1.54) is 6.42 Å². The van der Waals surface area contributed by atoms with Crippen molar-refractivity contribution in [2.75, 3.05) is 26.1 Å². The number of ether oxygens (including phenoxy) is 1. The van der Waals surface area contributed by atoms with Gasteiger partial charge in [-0.25, -0.2) is 11.6 Å². The summed E-state index contributed by atoms with van der Waals surface area (Å²) in [4.78, 5) is 0. The molecule has 3 heteroatoms. The Morgan fingerprint density at radius 3 is 2.38 bits per heavy atom. The standard InChI is InChI=1S/C15H13N.C6H14O.Y/c1-16-15-11-9-14(10-12-15)8-7-13-5-3-2-4-6-13;1-4-6(2)5-7-3;/h2-5,7,9-12,16H,1H3;6H,4-5H2,1-3H3;/q-2;;/t;6-;/m.0./s1. The first kappa shape index (κ1) is 23.0. The Morgan fingerprint density at radius 2 is 1.92 bits per heavy atom. The summed E-state index contributed by atoms with van der Waals surface area (Å²) in [6.45, 7) is 5.25. The molecule has 0 heterocycles. The molecule has 2 rings (SSSR count). The van der Waals surface area contributed by atoms with Crippen molar-refractivity contribution in [2.45, 2.75) is 20.3 Å². The molecule has 0 saturated carbocycles. The summed E-state index contributed by atoms with van der Waals surface area (Å²) in [6, 6.07) is 19.1. The first-order valence-electron chi connectivity index (χ1n) is 8.02. The SMILES string of the molecule is CC[C@H](C)COC.CNc1ccc([C-]=Cc2[c-]cccc2)cc1.[Y]. The molecular weight excluding hydrogens is 371 g/mol. The molecule has 0 amide bonds. The molecule has 24 heavy (non-hydrogen) atoms. The minimum atomic E-state index is 0. The third-order valence-electron chi connectivity index (χ3n) is 3.45. The van der Waals surface area contributed by atoms with Crippen molar-refractivity contribution >= 4 is 11.8 Å². The third-order valence-corrected chi connectivity index (χ3v) is 3.45. The van der Waals surface area contributed by atoms with Crippen LogP contribution >= 0.6 is 0 Å². The van der Waals surface area contributed by atoms with Crippen LogP contribution in [0.2, 0.25) is 0 Å². The molecule has 0 aliphatic rings. The zero-order chi connectivity index (χ0) is 16.9. The fraction of sp³-hybridized carbons (Fsp3) is 0.333. The van der Waals surface area contributed by atoms with Gasteiger partial charge < -0.3 is 10.1 Å². The largest absolute Gasteiger partial charge is 0.389 e. The van der Waals surface area contributed by atoms with Crippen molar-refractivity contribution < 1.29 is 37.4 Å². The van der Waals surface area contributed by atoms with Crippen LogP contribution in [0, 0.1) is 18.1 Å². The van der Waals surface area contributed by atoms with Gasteiger partial charge in [-0.1, -0.05) is 32.4 Å². The second kappa shape index (κ2) is 14.4. The second-order valence-corrected chi connectivity index (χ2v) is 5.40. The Balaban J connectivity index is 0.000000570. The molecule has 1 atom stereocenters. The van der Waals surface area contributed by atoms with E-state index in [4.69, 9.17) is 4.74 Å². The zero-order valence-corrected chi connectivity index (χ0v) is 18.0. The van der Waals surface area contributed by atoms with E-state index >= 15 is 0 Å². The maximum atomic E-state index is 4.89. The number of rotatable bonds is 6. The van der Waals surface area contributed by atoms with Gasteiger partial charge in [0.1, 0.15) is 0 Å². The van der Waals surface area contributed by atoms with Crippen LogP contribution in [0.3, 0.4) is 0 Å². The van der Waals surface area contributed by atoms with E-state index in [9.17, 15) is 0 Å². The monoisotopic (exact) mass is 398 g/mol. The van der Waals surface area contributed by atoms with Crippen LogP contribution in [0.1, 0.15) is 31.4 Å². The molecular formula is C21H27NOY-2. The van der Waals surface area contributed by atoms with Gasteiger partial charge in [-0.2, -0.15) is 35.9 Å². The van der Waals surface area contributed by atoms with Gasteiger partial charge in [-0.05, 0) is 5.92 Å². The van der Waals surface area contributed by atoms with E-state index in [-0.39, 0.29) is 32.7 Å². The molecule has 0 bridgehead atoms. The van der Waals surface area contributed by atoms with Crippen molar-refractivity contribution in [3.63, 3.8) is 0 Å². The molecule has 0 unspecified atom stereocenters. The number of hydrogen-bond donors (Lipinski definition) is 1. The van der Waals surface area contributed by atoms with Gasteiger partial charge in [-0.15, -0.1) is 18.2 Å². The van der Waals surface area contributed by atoms with Crippen LogP contribution in [-0.4, -0.2) is 20.8 Å². The molecule has 1 N–H and O–H groups in total. The molecule has 127 valence electrons. The third kappa shape index (κ3) is 10.0. The number of nitrogens with one attached hydrogen (secondary N) is 1. The van der Waals surface area contributed by atoms with Gasteiger partial charge in [0.2, 0.25) is 0 Å². The maximum Gasteiger partial charge on any atom is 0.0487 e. The molecule has 2 nitrogen and oxygen atoms in total. The van der Waals surface area contributed by atoms with E-state index in [1.807, 2.05) is 61.7 Å². The summed E-state index contributed by atoms with van der Waals surface area (Å²) in [6.07, 6.45) is 6.38. The molecule has 2 aromatic rings. The Kier molecular flexibility index (Phi) is 13.8. The van der Waals surface area contributed by atoms with Gasteiger partial charge in [-0.3, -0.25) is 0 Å². The summed E-state index contributed by atoms with van der Waals surface area (Å²) in [5.74, 6) is 0.727. The Labute approximate surface area is 172 Å². The van der Waals surface area contributed by atoms with Crippen LogP contribution in [0.15, 0.2) is 48.5 Å². The number of benzene rings is 2. The predicted octanol–water partition coefficient (Wildman–Crippen LogP) is 5.07. The first-order chi connectivity index (χ1) is 11.2. The van der Waals surface area contributed by atoms with Gasteiger partial charge in [0.05, 0.1) is 0 Å².